The highest BCUT2D eigenvalue weighted by molar-refractivity contribution is 5.77. The van der Waals surface area contributed by atoms with Gasteiger partial charge in [0.05, 0.1) is 19.8 Å². The van der Waals surface area contributed by atoms with Crippen LogP contribution < -0.4 is 9.47 Å². The van der Waals surface area contributed by atoms with Crippen molar-refractivity contribution in [3.8, 4) is 11.5 Å². The van der Waals surface area contributed by atoms with Crippen molar-refractivity contribution in [1.29, 1.82) is 0 Å². The van der Waals surface area contributed by atoms with Gasteiger partial charge in [0.25, 0.3) is 0 Å². The summed E-state index contributed by atoms with van der Waals surface area (Å²) in [6.45, 7) is 6.61. The van der Waals surface area contributed by atoms with Crippen molar-refractivity contribution in [1.82, 2.24) is 0 Å². The van der Waals surface area contributed by atoms with Crippen LogP contribution in [0.15, 0.2) is 30.9 Å². The van der Waals surface area contributed by atoms with Crippen molar-refractivity contribution < 1.29 is 23.7 Å². The summed E-state index contributed by atoms with van der Waals surface area (Å²) in [5.41, 5.74) is 0.848. The van der Waals surface area contributed by atoms with E-state index in [0.717, 1.165) is 31.4 Å². The average Bonchev–Trinajstić information content (AvgIpc) is 2.62. The standard InChI is InChI=1S/C19H26O5/c1-4-7-15-12-16(21-3)9-10-18(15)24-19(20)14(2)23-13-17-8-5-6-11-22-17/h4,9-10,12,14,17H,1,5-8,11,13H2,2-3H3. The van der Waals surface area contributed by atoms with Gasteiger partial charge >= 0.3 is 5.97 Å². The normalized spacial score (nSPS) is 18.7. The van der Waals surface area contributed by atoms with Gasteiger partial charge in [-0.05, 0) is 50.8 Å². The Bertz CT molecular complexity index is 549. The first-order chi connectivity index (χ1) is 11.6. The second kappa shape index (κ2) is 9.45. The van der Waals surface area contributed by atoms with Gasteiger partial charge in [-0.3, -0.25) is 0 Å². The lowest BCUT2D eigenvalue weighted by atomic mass is 10.1. The number of carbonyl (C=O) groups excluding carboxylic acids is 1. The molecule has 0 radical (unpaired) electrons. The second-order valence-electron chi connectivity index (χ2n) is 5.85. The molecule has 2 unspecified atom stereocenters. The molecule has 1 aliphatic heterocycles. The topological polar surface area (TPSA) is 54.0 Å². The second-order valence-corrected chi connectivity index (χ2v) is 5.85. The Morgan fingerprint density at radius 2 is 2.29 bits per heavy atom. The fourth-order valence-corrected chi connectivity index (χ4v) is 2.55. The molecule has 0 amide bonds. The number of benzene rings is 1. The third kappa shape index (κ3) is 5.35. The predicted octanol–water partition coefficient (Wildman–Crippen LogP) is 3.30. The molecule has 2 atom stereocenters. The minimum Gasteiger partial charge on any atom is -0.497 e. The van der Waals surface area contributed by atoms with E-state index in [1.54, 1.807) is 32.2 Å². The first-order valence-corrected chi connectivity index (χ1v) is 8.36. The van der Waals surface area contributed by atoms with Gasteiger partial charge in [-0.2, -0.15) is 0 Å². The monoisotopic (exact) mass is 334 g/mol. The summed E-state index contributed by atoms with van der Waals surface area (Å²) in [5.74, 6) is 0.803. The van der Waals surface area contributed by atoms with Crippen LogP contribution in [0.25, 0.3) is 0 Å². The van der Waals surface area contributed by atoms with Gasteiger partial charge in [0.2, 0.25) is 0 Å². The zero-order chi connectivity index (χ0) is 17.4. The smallest absolute Gasteiger partial charge is 0.340 e. The fourth-order valence-electron chi connectivity index (χ4n) is 2.55. The van der Waals surface area contributed by atoms with Crippen LogP contribution in [-0.4, -0.2) is 38.5 Å². The lowest BCUT2D eigenvalue weighted by Crippen LogP contribution is -2.31. The third-order valence-electron chi connectivity index (χ3n) is 3.98. The van der Waals surface area contributed by atoms with E-state index in [9.17, 15) is 4.79 Å². The first kappa shape index (κ1) is 18.5. The van der Waals surface area contributed by atoms with Gasteiger partial charge in [-0.15, -0.1) is 6.58 Å². The van der Waals surface area contributed by atoms with Gasteiger partial charge < -0.3 is 18.9 Å². The number of ether oxygens (including phenoxy) is 4. The molecular weight excluding hydrogens is 308 g/mol. The highest BCUT2D eigenvalue weighted by Crippen LogP contribution is 2.25. The Hall–Kier alpha value is -1.85. The molecule has 132 valence electrons. The van der Waals surface area contributed by atoms with Crippen LogP contribution in [-0.2, 0) is 20.7 Å². The maximum Gasteiger partial charge on any atom is 0.340 e. The summed E-state index contributed by atoms with van der Waals surface area (Å²) in [6, 6.07) is 5.33. The number of hydrogen-bond acceptors (Lipinski definition) is 5. The van der Waals surface area contributed by atoms with Crippen LogP contribution in [0.4, 0.5) is 0 Å². The molecule has 1 aromatic carbocycles. The van der Waals surface area contributed by atoms with Crippen LogP contribution in [0.1, 0.15) is 31.7 Å². The van der Waals surface area contributed by atoms with Crippen molar-refractivity contribution in [2.45, 2.75) is 44.8 Å². The van der Waals surface area contributed by atoms with Crippen LogP contribution in [0.2, 0.25) is 0 Å². The molecule has 1 fully saturated rings. The zero-order valence-electron chi connectivity index (χ0n) is 14.5. The van der Waals surface area contributed by atoms with Crippen molar-refractivity contribution >= 4 is 5.97 Å². The molecular formula is C19H26O5. The van der Waals surface area contributed by atoms with E-state index in [1.165, 1.54) is 0 Å². The number of methoxy groups -OCH3 is 1. The minimum absolute atomic E-state index is 0.0753. The van der Waals surface area contributed by atoms with Crippen molar-refractivity contribution in [3.63, 3.8) is 0 Å². The molecule has 24 heavy (non-hydrogen) atoms. The summed E-state index contributed by atoms with van der Waals surface area (Å²) in [7, 11) is 1.60. The Balaban J connectivity index is 1.91. The molecule has 1 aliphatic rings. The zero-order valence-corrected chi connectivity index (χ0v) is 14.5. The lowest BCUT2D eigenvalue weighted by molar-refractivity contribution is -0.149. The van der Waals surface area contributed by atoms with E-state index in [4.69, 9.17) is 18.9 Å². The van der Waals surface area contributed by atoms with Crippen LogP contribution >= 0.6 is 0 Å². The average molecular weight is 334 g/mol. The van der Waals surface area contributed by atoms with E-state index in [1.807, 2.05) is 6.07 Å². The van der Waals surface area contributed by atoms with Gasteiger partial charge in [0.1, 0.15) is 11.5 Å². The number of esters is 1. The van der Waals surface area contributed by atoms with Gasteiger partial charge in [-0.1, -0.05) is 6.08 Å². The summed E-state index contributed by atoms with van der Waals surface area (Å²) in [4.78, 5) is 12.3. The van der Waals surface area contributed by atoms with Gasteiger partial charge in [-0.25, -0.2) is 4.79 Å². The van der Waals surface area contributed by atoms with Crippen LogP contribution in [0, 0.1) is 0 Å². The molecule has 1 aromatic rings. The first-order valence-electron chi connectivity index (χ1n) is 8.36. The summed E-state index contributed by atoms with van der Waals surface area (Å²) >= 11 is 0. The molecule has 0 bridgehead atoms. The Labute approximate surface area is 143 Å². The molecule has 0 spiro atoms. The number of carbonyl (C=O) groups is 1. The quantitative estimate of drug-likeness (QED) is 0.415. The lowest BCUT2D eigenvalue weighted by Gasteiger charge is -2.23. The highest BCUT2D eigenvalue weighted by atomic mass is 16.6. The Morgan fingerprint density at radius 1 is 1.46 bits per heavy atom. The summed E-state index contributed by atoms with van der Waals surface area (Å²) in [6.07, 6.45) is 4.99. The van der Waals surface area contributed by atoms with Crippen molar-refractivity contribution in [2.75, 3.05) is 20.3 Å². The van der Waals surface area contributed by atoms with Gasteiger partial charge in [0, 0.05) is 12.2 Å². The molecule has 5 nitrogen and oxygen atoms in total. The van der Waals surface area contributed by atoms with E-state index in [2.05, 4.69) is 6.58 Å². The molecule has 5 heteroatoms. The Kier molecular flexibility index (Phi) is 7.28. The Morgan fingerprint density at radius 3 is 2.96 bits per heavy atom. The minimum atomic E-state index is -0.644. The van der Waals surface area contributed by atoms with E-state index >= 15 is 0 Å². The van der Waals surface area contributed by atoms with Crippen LogP contribution in [0.5, 0.6) is 11.5 Å². The molecule has 0 aliphatic carbocycles. The van der Waals surface area contributed by atoms with E-state index in [0.29, 0.717) is 24.5 Å². The maximum atomic E-state index is 12.3. The van der Waals surface area contributed by atoms with Gasteiger partial charge in [0.15, 0.2) is 6.10 Å². The SMILES string of the molecule is C=CCc1cc(OC)ccc1OC(=O)C(C)OCC1CCCCO1. The summed E-state index contributed by atoms with van der Waals surface area (Å²) < 4.78 is 21.9. The van der Waals surface area contributed by atoms with E-state index < -0.39 is 12.1 Å². The molecule has 1 saturated heterocycles. The number of rotatable bonds is 8. The third-order valence-corrected chi connectivity index (χ3v) is 3.98. The van der Waals surface area contributed by atoms with Crippen LogP contribution in [0.3, 0.4) is 0 Å². The predicted molar refractivity (Wildman–Crippen MR) is 91.5 cm³/mol. The fraction of sp³-hybridized carbons (Fsp3) is 0.526. The maximum absolute atomic E-state index is 12.3. The molecule has 0 N–H and O–H groups in total. The summed E-state index contributed by atoms with van der Waals surface area (Å²) in [5, 5.41) is 0. The molecule has 1 heterocycles. The van der Waals surface area contributed by atoms with E-state index in [-0.39, 0.29) is 6.10 Å². The van der Waals surface area contributed by atoms with Crippen molar-refractivity contribution in [2.24, 2.45) is 0 Å². The number of hydrogen-bond donors (Lipinski definition) is 0. The molecule has 0 aromatic heterocycles. The highest BCUT2D eigenvalue weighted by Gasteiger charge is 2.21. The molecule has 0 saturated carbocycles. The largest absolute Gasteiger partial charge is 0.497 e. The van der Waals surface area contributed by atoms with Crippen molar-refractivity contribution in [3.05, 3.63) is 36.4 Å². The molecule has 2 rings (SSSR count). The number of allylic oxidation sites excluding steroid dienone is 1.